The topological polar surface area (TPSA) is 37.3 Å². The van der Waals surface area contributed by atoms with Crippen molar-refractivity contribution in [3.63, 3.8) is 0 Å². The SMILES string of the molecule is O=CC1=CC(F)(CCO)C=CC1F. The molecule has 2 nitrogen and oxygen atoms in total. The van der Waals surface area contributed by atoms with Crippen molar-refractivity contribution in [2.45, 2.75) is 18.3 Å². The Bertz CT molecular complexity index is 260. The monoisotopic (exact) mass is 188 g/mol. The Balaban J connectivity index is 2.86. The van der Waals surface area contributed by atoms with Crippen LogP contribution in [-0.4, -0.2) is 29.8 Å². The molecule has 0 bridgehead atoms. The zero-order valence-corrected chi connectivity index (χ0v) is 6.91. The quantitative estimate of drug-likeness (QED) is 0.532. The van der Waals surface area contributed by atoms with Gasteiger partial charge in [-0.3, -0.25) is 4.79 Å². The van der Waals surface area contributed by atoms with Gasteiger partial charge in [0.15, 0.2) is 0 Å². The van der Waals surface area contributed by atoms with Crippen LogP contribution in [0.5, 0.6) is 0 Å². The van der Waals surface area contributed by atoms with E-state index in [1.807, 2.05) is 0 Å². The Morgan fingerprint density at radius 1 is 1.69 bits per heavy atom. The highest BCUT2D eigenvalue weighted by atomic mass is 19.1. The normalized spacial score (nSPS) is 32.8. The standard InChI is InChI=1S/C9H10F2O2/c10-8-1-2-9(11,3-4-12)5-7(8)6-13/h1-2,5-6,8,12H,3-4H2. The number of aliphatic hydroxyl groups excluding tert-OH is 1. The van der Waals surface area contributed by atoms with Gasteiger partial charge >= 0.3 is 0 Å². The predicted molar refractivity (Wildman–Crippen MR) is 43.7 cm³/mol. The molecule has 0 saturated carbocycles. The van der Waals surface area contributed by atoms with Crippen molar-refractivity contribution in [2.75, 3.05) is 6.61 Å². The zero-order chi connectivity index (χ0) is 9.90. The molecule has 1 rings (SSSR count). The predicted octanol–water partition coefficient (Wildman–Crippen LogP) is 1.11. The fraction of sp³-hybridized carbons (Fsp3) is 0.444. The van der Waals surface area contributed by atoms with E-state index in [4.69, 9.17) is 5.11 Å². The number of hydrogen-bond donors (Lipinski definition) is 1. The number of allylic oxidation sites excluding steroid dienone is 4. The first-order valence-corrected chi connectivity index (χ1v) is 3.92. The van der Waals surface area contributed by atoms with Crippen LogP contribution in [0.2, 0.25) is 0 Å². The molecule has 0 aliphatic heterocycles. The Hall–Kier alpha value is -1.03. The van der Waals surface area contributed by atoms with Gasteiger partial charge in [-0.05, 0) is 18.2 Å². The third-order valence-corrected chi connectivity index (χ3v) is 1.90. The fourth-order valence-electron chi connectivity index (χ4n) is 1.19. The second-order valence-corrected chi connectivity index (χ2v) is 2.92. The Morgan fingerprint density at radius 2 is 2.38 bits per heavy atom. The Labute approximate surface area is 74.6 Å². The number of halogens is 2. The van der Waals surface area contributed by atoms with Gasteiger partial charge in [0.1, 0.15) is 18.1 Å². The first-order valence-electron chi connectivity index (χ1n) is 3.92. The van der Waals surface area contributed by atoms with Gasteiger partial charge in [0, 0.05) is 18.6 Å². The summed E-state index contributed by atoms with van der Waals surface area (Å²) in [7, 11) is 0. The summed E-state index contributed by atoms with van der Waals surface area (Å²) >= 11 is 0. The average molecular weight is 188 g/mol. The van der Waals surface area contributed by atoms with E-state index in [1.54, 1.807) is 0 Å². The smallest absolute Gasteiger partial charge is 0.150 e. The zero-order valence-electron chi connectivity index (χ0n) is 6.91. The van der Waals surface area contributed by atoms with Gasteiger partial charge < -0.3 is 5.11 Å². The van der Waals surface area contributed by atoms with Crippen molar-refractivity contribution >= 4 is 6.29 Å². The molecule has 1 N–H and O–H groups in total. The van der Waals surface area contributed by atoms with Crippen molar-refractivity contribution in [1.82, 2.24) is 0 Å². The lowest BCUT2D eigenvalue weighted by molar-refractivity contribution is -0.105. The van der Waals surface area contributed by atoms with E-state index < -0.39 is 11.8 Å². The molecule has 0 aromatic heterocycles. The minimum atomic E-state index is -1.88. The van der Waals surface area contributed by atoms with E-state index in [-0.39, 0.29) is 18.6 Å². The molecule has 0 radical (unpaired) electrons. The van der Waals surface area contributed by atoms with Crippen LogP contribution in [0.4, 0.5) is 8.78 Å². The summed E-state index contributed by atoms with van der Waals surface area (Å²) in [6, 6.07) is 0. The summed E-state index contributed by atoms with van der Waals surface area (Å²) in [4.78, 5) is 10.3. The first kappa shape index (κ1) is 10.1. The van der Waals surface area contributed by atoms with Crippen LogP contribution < -0.4 is 0 Å². The molecule has 1 aliphatic rings. The molecule has 4 heteroatoms. The van der Waals surface area contributed by atoms with Crippen LogP contribution in [0.1, 0.15) is 6.42 Å². The number of hydrogen-bond acceptors (Lipinski definition) is 2. The van der Waals surface area contributed by atoms with E-state index in [2.05, 4.69) is 0 Å². The van der Waals surface area contributed by atoms with Crippen LogP contribution in [0.15, 0.2) is 23.8 Å². The van der Waals surface area contributed by atoms with Crippen LogP contribution >= 0.6 is 0 Å². The third-order valence-electron chi connectivity index (χ3n) is 1.90. The van der Waals surface area contributed by atoms with E-state index in [9.17, 15) is 13.6 Å². The van der Waals surface area contributed by atoms with Crippen LogP contribution in [-0.2, 0) is 4.79 Å². The van der Waals surface area contributed by atoms with Crippen LogP contribution in [0.3, 0.4) is 0 Å². The number of carbonyl (C=O) groups is 1. The van der Waals surface area contributed by atoms with E-state index in [0.29, 0.717) is 6.29 Å². The molecule has 1 aliphatic carbocycles. The number of alkyl halides is 2. The maximum Gasteiger partial charge on any atom is 0.150 e. The van der Waals surface area contributed by atoms with Crippen molar-refractivity contribution in [3.05, 3.63) is 23.8 Å². The molecule has 0 saturated heterocycles. The lowest BCUT2D eigenvalue weighted by Crippen LogP contribution is -2.25. The second kappa shape index (κ2) is 3.79. The summed E-state index contributed by atoms with van der Waals surface area (Å²) < 4.78 is 26.4. The number of rotatable bonds is 3. The van der Waals surface area contributed by atoms with Gasteiger partial charge in [0.05, 0.1) is 0 Å². The van der Waals surface area contributed by atoms with Gasteiger partial charge in [0.2, 0.25) is 0 Å². The highest BCUT2D eigenvalue weighted by molar-refractivity contribution is 5.76. The molecule has 0 aromatic carbocycles. The van der Waals surface area contributed by atoms with E-state index >= 15 is 0 Å². The van der Waals surface area contributed by atoms with Gasteiger partial charge in [0.25, 0.3) is 0 Å². The van der Waals surface area contributed by atoms with E-state index in [1.165, 1.54) is 0 Å². The maximum atomic E-state index is 13.5. The summed E-state index contributed by atoms with van der Waals surface area (Å²) in [5.41, 5.74) is -2.11. The summed E-state index contributed by atoms with van der Waals surface area (Å²) in [6.07, 6.45) is 1.54. The number of aliphatic hydroxyl groups is 1. The molecule has 0 amide bonds. The van der Waals surface area contributed by atoms with Crippen molar-refractivity contribution < 1.29 is 18.7 Å². The molecule has 2 unspecified atom stereocenters. The maximum absolute atomic E-state index is 13.5. The molecule has 2 atom stereocenters. The van der Waals surface area contributed by atoms with Crippen molar-refractivity contribution in [3.8, 4) is 0 Å². The minimum absolute atomic E-state index is 0.159. The van der Waals surface area contributed by atoms with Crippen LogP contribution in [0.25, 0.3) is 0 Å². The molecular formula is C9H10F2O2. The summed E-state index contributed by atoms with van der Waals surface area (Å²) in [6.45, 7) is -0.347. The second-order valence-electron chi connectivity index (χ2n) is 2.92. The summed E-state index contributed by atoms with van der Waals surface area (Å²) in [5, 5.41) is 8.52. The first-order chi connectivity index (χ1) is 6.11. The molecule has 72 valence electrons. The molecule has 0 fully saturated rings. The fourth-order valence-corrected chi connectivity index (χ4v) is 1.19. The highest BCUT2D eigenvalue weighted by Gasteiger charge is 2.29. The molecule has 13 heavy (non-hydrogen) atoms. The molecular weight excluding hydrogens is 178 g/mol. The molecule has 0 aromatic rings. The van der Waals surface area contributed by atoms with Gasteiger partial charge in [-0.2, -0.15) is 0 Å². The summed E-state index contributed by atoms with van der Waals surface area (Å²) in [5.74, 6) is 0. The van der Waals surface area contributed by atoms with Crippen LogP contribution in [0, 0.1) is 0 Å². The van der Waals surface area contributed by atoms with Gasteiger partial charge in [-0.15, -0.1) is 0 Å². The average Bonchev–Trinajstić information content (AvgIpc) is 2.10. The molecule has 0 spiro atoms. The highest BCUT2D eigenvalue weighted by Crippen LogP contribution is 2.27. The Morgan fingerprint density at radius 3 is 2.92 bits per heavy atom. The lowest BCUT2D eigenvalue weighted by Gasteiger charge is -2.21. The van der Waals surface area contributed by atoms with Crippen molar-refractivity contribution in [2.24, 2.45) is 0 Å². The lowest BCUT2D eigenvalue weighted by atomic mass is 9.91. The molecule has 0 heterocycles. The van der Waals surface area contributed by atoms with Crippen molar-refractivity contribution in [1.29, 1.82) is 0 Å². The third kappa shape index (κ3) is 2.21. The number of carbonyl (C=O) groups excluding carboxylic acids is 1. The largest absolute Gasteiger partial charge is 0.396 e. The minimum Gasteiger partial charge on any atom is -0.396 e. The van der Waals surface area contributed by atoms with Gasteiger partial charge in [-0.25, -0.2) is 8.78 Å². The van der Waals surface area contributed by atoms with E-state index in [0.717, 1.165) is 18.2 Å². The number of aldehydes is 1. The van der Waals surface area contributed by atoms with Gasteiger partial charge in [-0.1, -0.05) is 0 Å². The Kier molecular flexibility index (Phi) is 2.93.